The molecule has 0 saturated heterocycles. The van der Waals surface area contributed by atoms with Gasteiger partial charge in [0.1, 0.15) is 5.41 Å². The fraction of sp³-hybridized carbons (Fsp3) is 0.800. The van der Waals surface area contributed by atoms with Gasteiger partial charge in [-0.2, -0.15) is 13.2 Å². The van der Waals surface area contributed by atoms with Crippen LogP contribution in [0.1, 0.15) is 12.8 Å². The van der Waals surface area contributed by atoms with Gasteiger partial charge in [0.15, 0.2) is 0 Å². The molecule has 1 aliphatic rings. The van der Waals surface area contributed by atoms with Crippen LogP contribution in [0.2, 0.25) is 0 Å². The maximum absolute atomic E-state index is 12.0. The smallest absolute Gasteiger partial charge is 0.393 e. The van der Waals surface area contributed by atoms with E-state index in [2.05, 4.69) is 12.2 Å². The molecule has 0 atom stereocenters. The predicted octanol–water partition coefficient (Wildman–Crippen LogP) is 1.62. The Morgan fingerprint density at radius 3 is 1.80 bits per heavy atom. The summed E-state index contributed by atoms with van der Waals surface area (Å²) in [6.07, 6.45) is -4.11. The van der Waals surface area contributed by atoms with Crippen LogP contribution in [0.5, 0.6) is 0 Å². The maximum Gasteiger partial charge on any atom is 0.400 e. The van der Waals surface area contributed by atoms with Gasteiger partial charge in [-0.3, -0.25) is 0 Å². The Bertz CT molecular complexity index is 170. The minimum atomic E-state index is -4.24. The van der Waals surface area contributed by atoms with Gasteiger partial charge in [0.25, 0.3) is 0 Å². The van der Waals surface area contributed by atoms with Gasteiger partial charge in [-0.15, -0.1) is 0 Å². The predicted molar refractivity (Wildman–Crippen MR) is 34.5 cm³/mol. The molecule has 1 aliphatic carbocycles. The molecule has 0 unspecified atom stereocenters. The third-order valence-electron chi connectivity index (χ3n) is 1.76. The van der Waals surface area contributed by atoms with Crippen LogP contribution >= 0.6 is 12.2 Å². The van der Waals surface area contributed by atoms with Gasteiger partial charge in [0.2, 0.25) is 0 Å². The first-order valence-electron chi connectivity index (χ1n) is 2.77. The van der Waals surface area contributed by atoms with Gasteiger partial charge < -0.3 is 5.73 Å². The molecule has 1 saturated carbocycles. The summed E-state index contributed by atoms with van der Waals surface area (Å²) in [5, 5.41) is 0. The van der Waals surface area contributed by atoms with Crippen molar-refractivity contribution in [1.82, 2.24) is 0 Å². The second-order valence-electron chi connectivity index (χ2n) is 2.44. The summed E-state index contributed by atoms with van der Waals surface area (Å²) in [6, 6.07) is 0. The fourth-order valence-electron chi connectivity index (χ4n) is 0.795. The summed E-state index contributed by atoms with van der Waals surface area (Å²) in [5.74, 6) is 0. The van der Waals surface area contributed by atoms with Crippen molar-refractivity contribution in [1.29, 1.82) is 0 Å². The van der Waals surface area contributed by atoms with Crippen molar-refractivity contribution in [3.63, 3.8) is 0 Å². The Hall–Kier alpha value is -0.320. The molecule has 0 aromatic heterocycles. The van der Waals surface area contributed by atoms with Crippen LogP contribution in [0, 0.1) is 5.41 Å². The highest BCUT2D eigenvalue weighted by Gasteiger charge is 2.65. The molecule has 0 aromatic rings. The molecule has 58 valence electrons. The lowest BCUT2D eigenvalue weighted by atomic mass is 10.1. The molecule has 0 spiro atoms. The van der Waals surface area contributed by atoms with Crippen LogP contribution in [0.25, 0.3) is 0 Å². The molecule has 1 fully saturated rings. The van der Waals surface area contributed by atoms with Crippen molar-refractivity contribution < 1.29 is 13.2 Å². The van der Waals surface area contributed by atoms with E-state index in [-0.39, 0.29) is 12.8 Å². The van der Waals surface area contributed by atoms with Gasteiger partial charge in [0.05, 0.1) is 4.99 Å². The third kappa shape index (κ3) is 0.885. The lowest BCUT2D eigenvalue weighted by Gasteiger charge is -2.16. The molecule has 0 heterocycles. The molecule has 2 N–H and O–H groups in total. The van der Waals surface area contributed by atoms with Gasteiger partial charge in [0, 0.05) is 0 Å². The monoisotopic (exact) mass is 169 g/mol. The Balaban J connectivity index is 2.80. The fourth-order valence-corrected chi connectivity index (χ4v) is 1.11. The van der Waals surface area contributed by atoms with E-state index < -0.39 is 16.6 Å². The second-order valence-corrected chi connectivity index (χ2v) is 2.88. The Morgan fingerprint density at radius 1 is 1.40 bits per heavy atom. The summed E-state index contributed by atoms with van der Waals surface area (Å²) >= 11 is 4.30. The number of hydrogen-bond donors (Lipinski definition) is 1. The summed E-state index contributed by atoms with van der Waals surface area (Å²) in [6.45, 7) is 0. The number of rotatable bonds is 1. The van der Waals surface area contributed by atoms with Crippen LogP contribution in [0.15, 0.2) is 0 Å². The topological polar surface area (TPSA) is 26.0 Å². The van der Waals surface area contributed by atoms with Crippen LogP contribution in [-0.4, -0.2) is 11.2 Å². The molecule has 0 bridgehead atoms. The molecular weight excluding hydrogens is 163 g/mol. The highest BCUT2D eigenvalue weighted by molar-refractivity contribution is 7.80. The van der Waals surface area contributed by atoms with E-state index in [0.717, 1.165) is 0 Å². The molecule has 0 radical (unpaired) electrons. The minimum Gasteiger partial charge on any atom is -0.393 e. The first-order valence-corrected chi connectivity index (χ1v) is 3.18. The zero-order valence-corrected chi connectivity index (χ0v) is 5.85. The summed E-state index contributed by atoms with van der Waals surface area (Å²) in [5.41, 5.74) is 3.13. The van der Waals surface area contributed by atoms with E-state index in [4.69, 9.17) is 5.73 Å². The maximum atomic E-state index is 12.0. The quantitative estimate of drug-likeness (QED) is 0.603. The molecule has 0 aliphatic heterocycles. The number of nitrogens with two attached hydrogens (primary N) is 1. The minimum absolute atomic E-state index is 0.0613. The van der Waals surface area contributed by atoms with Crippen LogP contribution in [-0.2, 0) is 0 Å². The van der Waals surface area contributed by atoms with Crippen molar-refractivity contribution in [2.45, 2.75) is 19.0 Å². The molecule has 0 amide bonds. The van der Waals surface area contributed by atoms with E-state index in [1.54, 1.807) is 0 Å². The number of thiocarbonyl (C=S) groups is 1. The lowest BCUT2D eigenvalue weighted by molar-refractivity contribution is -0.165. The van der Waals surface area contributed by atoms with E-state index in [1.165, 1.54) is 0 Å². The Kier molecular flexibility index (Phi) is 1.43. The van der Waals surface area contributed by atoms with Crippen LogP contribution in [0.4, 0.5) is 13.2 Å². The van der Waals surface area contributed by atoms with Crippen LogP contribution in [0.3, 0.4) is 0 Å². The van der Waals surface area contributed by atoms with Crippen molar-refractivity contribution in [3.05, 3.63) is 0 Å². The van der Waals surface area contributed by atoms with Crippen molar-refractivity contribution in [2.24, 2.45) is 11.1 Å². The summed E-state index contributed by atoms with van der Waals surface area (Å²) in [4.78, 5) is -0.417. The van der Waals surface area contributed by atoms with Gasteiger partial charge in [-0.05, 0) is 12.8 Å². The Labute approximate surface area is 61.4 Å². The standard InChI is InChI=1S/C5H6F3NS/c6-5(7,8)4(1-2-4)3(9)10/h1-2H2,(H2,9,10). The number of halogens is 3. The Morgan fingerprint density at radius 2 is 1.80 bits per heavy atom. The lowest BCUT2D eigenvalue weighted by Crippen LogP contribution is -2.36. The van der Waals surface area contributed by atoms with E-state index >= 15 is 0 Å². The van der Waals surface area contributed by atoms with Crippen LogP contribution < -0.4 is 5.73 Å². The summed E-state index contributed by atoms with van der Waals surface area (Å²) in [7, 11) is 0. The molecule has 1 rings (SSSR count). The highest BCUT2D eigenvalue weighted by Crippen LogP contribution is 2.57. The first kappa shape index (κ1) is 7.78. The van der Waals surface area contributed by atoms with Gasteiger partial charge in [-0.25, -0.2) is 0 Å². The number of alkyl halides is 3. The number of hydrogen-bond acceptors (Lipinski definition) is 1. The van der Waals surface area contributed by atoms with Gasteiger partial charge in [-0.1, -0.05) is 12.2 Å². The SMILES string of the molecule is NC(=S)C1(C(F)(F)F)CC1. The zero-order chi connectivity index (χ0) is 7.99. The average molecular weight is 169 g/mol. The summed E-state index contributed by atoms with van der Waals surface area (Å²) < 4.78 is 35.9. The van der Waals surface area contributed by atoms with Crippen molar-refractivity contribution in [3.8, 4) is 0 Å². The first-order chi connectivity index (χ1) is 4.40. The highest BCUT2D eigenvalue weighted by atomic mass is 32.1. The van der Waals surface area contributed by atoms with E-state index in [0.29, 0.717) is 0 Å². The van der Waals surface area contributed by atoms with E-state index in [1.807, 2.05) is 0 Å². The molecule has 5 heteroatoms. The molecule has 1 nitrogen and oxygen atoms in total. The van der Waals surface area contributed by atoms with Gasteiger partial charge >= 0.3 is 6.18 Å². The normalized spacial score (nSPS) is 22.3. The second kappa shape index (κ2) is 1.84. The largest absolute Gasteiger partial charge is 0.400 e. The van der Waals surface area contributed by atoms with Crippen molar-refractivity contribution in [2.75, 3.05) is 0 Å². The molecule has 0 aromatic carbocycles. The molecule has 10 heavy (non-hydrogen) atoms. The molecular formula is C5H6F3NS. The van der Waals surface area contributed by atoms with Crippen molar-refractivity contribution >= 4 is 17.2 Å². The van der Waals surface area contributed by atoms with E-state index in [9.17, 15) is 13.2 Å². The average Bonchev–Trinajstić information content (AvgIpc) is 2.36. The third-order valence-corrected chi connectivity index (χ3v) is 2.16. The zero-order valence-electron chi connectivity index (χ0n) is 5.03.